The third-order valence-corrected chi connectivity index (χ3v) is 16.4. The van der Waals surface area contributed by atoms with Gasteiger partial charge < -0.3 is 0 Å². The lowest BCUT2D eigenvalue weighted by molar-refractivity contribution is 0.908. The molecule has 6 heterocycles. The highest BCUT2D eigenvalue weighted by Gasteiger charge is 2.22. The Hall–Kier alpha value is -8.82. The highest BCUT2D eigenvalue weighted by atomic mass is 32.1. The molecule has 0 N–H and O–H groups in total. The van der Waals surface area contributed by atoms with Gasteiger partial charge in [0.25, 0.3) is 0 Å². The quantitative estimate of drug-likeness (QED) is 0.160. The van der Waals surface area contributed by atoms with E-state index in [9.17, 15) is 0 Å². The number of rotatable bonds is 7. The van der Waals surface area contributed by atoms with Crippen molar-refractivity contribution in [2.24, 2.45) is 0 Å². The van der Waals surface area contributed by atoms with Crippen LogP contribution in [-0.2, 0) is 6.42 Å². The Morgan fingerprint density at radius 1 is 0.361 bits per heavy atom. The van der Waals surface area contributed by atoms with E-state index in [1.165, 1.54) is 42.1 Å². The Balaban J connectivity index is 0.915. The molecule has 0 aliphatic carbocycles. The van der Waals surface area contributed by atoms with Crippen molar-refractivity contribution < 1.29 is 0 Å². The predicted molar refractivity (Wildman–Crippen MR) is 303 cm³/mol. The number of para-hydroxylation sites is 5. The van der Waals surface area contributed by atoms with Crippen LogP contribution in [0.25, 0.3) is 141 Å². The van der Waals surface area contributed by atoms with Crippen LogP contribution in [0.3, 0.4) is 0 Å². The summed E-state index contributed by atoms with van der Waals surface area (Å²) in [6.45, 7) is 2.18. The standard InChI is InChI=1S/C64H40N6S2/c1-2-57-65-51-25-9-11-27-53(51)69(57)43-20-14-18-41(34-43)58-45-22-6-8-24-49(45)67-64-61(58)47-32-30-40(37-56(47)72-64)39-31-33-50-48(36-39)59(60-46-23-7-13-29-55(46)71-63(60)68-50)42-19-15-21-44(35-42)70-54-28-12-10-26-52(54)66-62(70)38-16-4-3-5-17-38/h3-37H,2H2,1H3. The molecule has 0 atom stereocenters. The molecule has 15 aromatic rings. The Kier molecular flexibility index (Phi) is 9.18. The highest BCUT2D eigenvalue weighted by Crippen LogP contribution is 2.47. The van der Waals surface area contributed by atoms with Crippen LogP contribution in [0.2, 0.25) is 0 Å². The van der Waals surface area contributed by atoms with Crippen molar-refractivity contribution >= 4 is 107 Å². The minimum Gasteiger partial charge on any atom is -0.296 e. The van der Waals surface area contributed by atoms with E-state index in [0.29, 0.717) is 0 Å². The minimum absolute atomic E-state index is 0.830. The van der Waals surface area contributed by atoms with Crippen molar-refractivity contribution in [3.63, 3.8) is 0 Å². The molecule has 8 heteroatoms. The van der Waals surface area contributed by atoms with Crippen LogP contribution in [-0.4, -0.2) is 29.1 Å². The maximum atomic E-state index is 5.39. The van der Waals surface area contributed by atoms with E-state index < -0.39 is 0 Å². The Labute approximate surface area is 421 Å². The molecule has 0 bridgehead atoms. The topological polar surface area (TPSA) is 61.4 Å². The van der Waals surface area contributed by atoms with Crippen molar-refractivity contribution in [2.75, 3.05) is 0 Å². The van der Waals surface area contributed by atoms with Gasteiger partial charge in [-0.3, -0.25) is 9.13 Å². The molecule has 338 valence electrons. The predicted octanol–water partition coefficient (Wildman–Crippen LogP) is 17.4. The van der Waals surface area contributed by atoms with Crippen LogP contribution in [0.5, 0.6) is 0 Å². The Bertz CT molecular complexity index is 4690. The molecule has 6 aromatic heterocycles. The molecule has 0 amide bonds. The van der Waals surface area contributed by atoms with E-state index in [4.69, 9.17) is 19.9 Å². The van der Waals surface area contributed by atoms with Gasteiger partial charge in [0.15, 0.2) is 0 Å². The molecule has 0 spiro atoms. The lowest BCUT2D eigenvalue weighted by atomic mass is 9.93. The number of imidazole rings is 2. The number of aromatic nitrogens is 6. The van der Waals surface area contributed by atoms with E-state index in [-0.39, 0.29) is 0 Å². The first kappa shape index (κ1) is 41.0. The van der Waals surface area contributed by atoms with Gasteiger partial charge in [0, 0.05) is 76.2 Å². The fourth-order valence-electron chi connectivity index (χ4n) is 11.1. The van der Waals surface area contributed by atoms with Gasteiger partial charge >= 0.3 is 0 Å². The van der Waals surface area contributed by atoms with E-state index in [2.05, 4.69) is 228 Å². The van der Waals surface area contributed by atoms with E-state index in [0.717, 1.165) is 111 Å². The number of fused-ring (bicyclic) bond motifs is 10. The van der Waals surface area contributed by atoms with Gasteiger partial charge in [-0.25, -0.2) is 19.9 Å². The molecule has 0 aliphatic heterocycles. The van der Waals surface area contributed by atoms with Crippen LogP contribution < -0.4 is 0 Å². The van der Waals surface area contributed by atoms with Gasteiger partial charge in [-0.05, 0) is 101 Å². The summed E-state index contributed by atoms with van der Waals surface area (Å²) >= 11 is 3.53. The van der Waals surface area contributed by atoms with Gasteiger partial charge in [0.2, 0.25) is 0 Å². The van der Waals surface area contributed by atoms with Gasteiger partial charge in [-0.1, -0.05) is 140 Å². The first-order valence-corrected chi connectivity index (χ1v) is 26.0. The molecule has 72 heavy (non-hydrogen) atoms. The van der Waals surface area contributed by atoms with Crippen LogP contribution >= 0.6 is 22.7 Å². The number of pyridine rings is 2. The molecule has 15 rings (SSSR count). The fraction of sp³-hybridized carbons (Fsp3) is 0.0312. The van der Waals surface area contributed by atoms with Gasteiger partial charge in [-0.15, -0.1) is 22.7 Å². The van der Waals surface area contributed by atoms with E-state index in [1.807, 2.05) is 0 Å². The minimum atomic E-state index is 0.830. The highest BCUT2D eigenvalue weighted by molar-refractivity contribution is 7.26. The molecule has 0 unspecified atom stereocenters. The zero-order chi connectivity index (χ0) is 47.4. The molecule has 0 fully saturated rings. The average molecular weight is 957 g/mol. The SMILES string of the molecule is CCc1nc2ccccc2n1-c1cccc(-c2c3ccccc3nc3sc4cc(-c5ccc6nc7sc8ccccc8c7c(-c7cccc(-n8c(-c9ccccc9)nc9ccccc98)c7)c6c5)ccc4c23)c1. The fourth-order valence-corrected chi connectivity index (χ4v) is 13.3. The summed E-state index contributed by atoms with van der Waals surface area (Å²) in [5.41, 5.74) is 16.3. The first-order valence-electron chi connectivity index (χ1n) is 24.3. The number of benzene rings is 9. The first-order chi connectivity index (χ1) is 35.6. The summed E-state index contributed by atoms with van der Waals surface area (Å²) in [7, 11) is 0. The molecular weight excluding hydrogens is 917 g/mol. The second-order valence-electron chi connectivity index (χ2n) is 18.4. The number of hydrogen-bond acceptors (Lipinski definition) is 6. The van der Waals surface area contributed by atoms with Crippen molar-refractivity contribution in [2.45, 2.75) is 13.3 Å². The maximum Gasteiger partial charge on any atom is 0.145 e. The number of hydrogen-bond donors (Lipinski definition) is 0. The molecule has 6 nitrogen and oxygen atoms in total. The summed E-state index contributed by atoms with van der Waals surface area (Å²) in [6.07, 6.45) is 0.830. The van der Waals surface area contributed by atoms with Crippen molar-refractivity contribution in [1.82, 2.24) is 29.1 Å². The summed E-state index contributed by atoms with van der Waals surface area (Å²) < 4.78 is 7.04. The summed E-state index contributed by atoms with van der Waals surface area (Å²) in [5, 5.41) is 7.03. The average Bonchev–Trinajstić information content (AvgIpc) is 4.22. The van der Waals surface area contributed by atoms with Crippen LogP contribution in [0.4, 0.5) is 0 Å². The second-order valence-corrected chi connectivity index (χ2v) is 20.5. The molecule has 9 aromatic carbocycles. The van der Waals surface area contributed by atoms with E-state index in [1.54, 1.807) is 22.7 Å². The second kappa shape index (κ2) is 16.1. The summed E-state index contributed by atoms with van der Waals surface area (Å²) in [5.74, 6) is 1.96. The smallest absolute Gasteiger partial charge is 0.145 e. The van der Waals surface area contributed by atoms with Gasteiger partial charge in [0.05, 0.1) is 33.1 Å². The van der Waals surface area contributed by atoms with Crippen molar-refractivity contribution in [1.29, 1.82) is 0 Å². The van der Waals surface area contributed by atoms with Crippen LogP contribution in [0.15, 0.2) is 212 Å². The van der Waals surface area contributed by atoms with Gasteiger partial charge in [-0.2, -0.15) is 0 Å². The molecule has 0 radical (unpaired) electrons. The maximum absolute atomic E-state index is 5.39. The third kappa shape index (κ3) is 6.32. The number of thiophene rings is 2. The van der Waals surface area contributed by atoms with Crippen molar-refractivity contribution in [3.05, 3.63) is 218 Å². The Morgan fingerprint density at radius 3 is 1.65 bits per heavy atom. The summed E-state index contributed by atoms with van der Waals surface area (Å²) in [6, 6.07) is 76.3. The lowest BCUT2D eigenvalue weighted by Crippen LogP contribution is -2.00. The normalized spacial score (nSPS) is 12.0. The number of aryl methyl sites for hydroxylation is 1. The molecule has 0 saturated heterocycles. The third-order valence-electron chi connectivity index (χ3n) is 14.3. The molecule has 0 saturated carbocycles. The largest absolute Gasteiger partial charge is 0.296 e. The Morgan fingerprint density at radius 2 is 0.903 bits per heavy atom. The molecular formula is C64H40N6S2. The van der Waals surface area contributed by atoms with Crippen LogP contribution in [0.1, 0.15) is 12.7 Å². The molecule has 0 aliphatic rings. The monoisotopic (exact) mass is 956 g/mol. The van der Waals surface area contributed by atoms with Crippen molar-refractivity contribution in [3.8, 4) is 56.1 Å². The zero-order valence-corrected chi connectivity index (χ0v) is 40.5. The lowest BCUT2D eigenvalue weighted by Gasteiger charge is -2.15. The van der Waals surface area contributed by atoms with E-state index >= 15 is 0 Å². The number of nitrogens with zero attached hydrogens (tertiary/aromatic N) is 6. The van der Waals surface area contributed by atoms with Gasteiger partial charge in [0.1, 0.15) is 21.3 Å². The zero-order valence-electron chi connectivity index (χ0n) is 38.9. The summed E-state index contributed by atoms with van der Waals surface area (Å²) in [4.78, 5) is 23.0. The van der Waals surface area contributed by atoms with Crippen LogP contribution in [0, 0.1) is 0 Å².